The maximum atomic E-state index is 11.9. The SMILES string of the molecule is O=C(C=Cc1ccc(-c2ccc(Cl)cc2)o1)NC(=S)NCc1ccco1. The number of nitrogens with one attached hydrogen (secondary N) is 2. The van der Waals surface area contributed by atoms with Gasteiger partial charge in [-0.3, -0.25) is 10.1 Å². The third-order valence-electron chi connectivity index (χ3n) is 3.39. The van der Waals surface area contributed by atoms with Crippen molar-refractivity contribution < 1.29 is 13.6 Å². The first-order chi connectivity index (χ1) is 12.6. The largest absolute Gasteiger partial charge is 0.467 e. The van der Waals surface area contributed by atoms with Crippen LogP contribution in [0.1, 0.15) is 11.5 Å². The number of rotatable bonds is 5. The van der Waals surface area contributed by atoms with E-state index in [1.807, 2.05) is 24.3 Å². The van der Waals surface area contributed by atoms with Gasteiger partial charge in [-0.25, -0.2) is 0 Å². The minimum atomic E-state index is -0.355. The highest BCUT2D eigenvalue weighted by Crippen LogP contribution is 2.24. The fraction of sp³-hybridized carbons (Fsp3) is 0.0526. The van der Waals surface area contributed by atoms with Crippen molar-refractivity contribution in [1.29, 1.82) is 0 Å². The topological polar surface area (TPSA) is 67.4 Å². The zero-order valence-corrected chi connectivity index (χ0v) is 15.1. The van der Waals surface area contributed by atoms with Crippen LogP contribution in [-0.2, 0) is 11.3 Å². The number of carbonyl (C=O) groups excluding carboxylic acids is 1. The summed E-state index contributed by atoms with van der Waals surface area (Å²) in [5, 5.41) is 6.32. The molecule has 132 valence electrons. The molecule has 0 radical (unpaired) electrons. The minimum Gasteiger partial charge on any atom is -0.467 e. The lowest BCUT2D eigenvalue weighted by Gasteiger charge is -2.05. The van der Waals surface area contributed by atoms with Crippen LogP contribution in [0.15, 0.2) is 69.7 Å². The molecule has 0 aliphatic rings. The Bertz CT molecular complexity index is 915. The average molecular weight is 387 g/mol. The normalized spacial score (nSPS) is 10.8. The number of amides is 1. The van der Waals surface area contributed by atoms with E-state index in [1.54, 1.807) is 36.6 Å². The summed E-state index contributed by atoms with van der Waals surface area (Å²) in [7, 11) is 0. The highest BCUT2D eigenvalue weighted by molar-refractivity contribution is 7.80. The van der Waals surface area contributed by atoms with Crippen LogP contribution in [0.4, 0.5) is 0 Å². The molecule has 0 bridgehead atoms. The summed E-state index contributed by atoms with van der Waals surface area (Å²) in [6, 6.07) is 14.5. The number of carbonyl (C=O) groups is 1. The Hall–Kier alpha value is -2.83. The predicted molar refractivity (Wildman–Crippen MR) is 104 cm³/mol. The summed E-state index contributed by atoms with van der Waals surface area (Å²) in [6.07, 6.45) is 4.50. The van der Waals surface area contributed by atoms with E-state index < -0.39 is 0 Å². The molecule has 0 fully saturated rings. The molecule has 5 nitrogen and oxygen atoms in total. The molecule has 0 saturated heterocycles. The van der Waals surface area contributed by atoms with E-state index in [0.717, 1.165) is 11.3 Å². The fourth-order valence-corrected chi connectivity index (χ4v) is 2.45. The van der Waals surface area contributed by atoms with Crippen molar-refractivity contribution in [2.45, 2.75) is 6.54 Å². The number of hydrogen-bond donors (Lipinski definition) is 2. The van der Waals surface area contributed by atoms with Gasteiger partial charge < -0.3 is 14.2 Å². The molecule has 1 aromatic carbocycles. The van der Waals surface area contributed by atoms with Gasteiger partial charge >= 0.3 is 0 Å². The quantitative estimate of drug-likeness (QED) is 0.502. The molecule has 1 amide bonds. The summed E-state index contributed by atoms with van der Waals surface area (Å²) in [5.41, 5.74) is 0.904. The minimum absolute atomic E-state index is 0.220. The lowest BCUT2D eigenvalue weighted by Crippen LogP contribution is -2.37. The number of benzene rings is 1. The summed E-state index contributed by atoms with van der Waals surface area (Å²) >= 11 is 10.9. The molecule has 2 N–H and O–H groups in total. The van der Waals surface area contributed by atoms with Crippen LogP contribution in [0, 0.1) is 0 Å². The van der Waals surface area contributed by atoms with Crippen LogP contribution in [-0.4, -0.2) is 11.0 Å². The van der Waals surface area contributed by atoms with E-state index in [1.165, 1.54) is 6.08 Å². The first-order valence-corrected chi connectivity index (χ1v) is 8.54. The Labute approximate surface area is 160 Å². The number of thiocarbonyl (C=S) groups is 1. The van der Waals surface area contributed by atoms with Crippen LogP contribution in [0.25, 0.3) is 17.4 Å². The van der Waals surface area contributed by atoms with Crippen molar-refractivity contribution in [2.24, 2.45) is 0 Å². The van der Waals surface area contributed by atoms with Gasteiger partial charge in [0, 0.05) is 16.7 Å². The maximum Gasteiger partial charge on any atom is 0.250 e. The van der Waals surface area contributed by atoms with Crippen molar-refractivity contribution in [2.75, 3.05) is 0 Å². The zero-order valence-electron chi connectivity index (χ0n) is 13.6. The van der Waals surface area contributed by atoms with E-state index in [9.17, 15) is 4.79 Å². The van der Waals surface area contributed by atoms with Gasteiger partial charge in [0.25, 0.3) is 0 Å². The lowest BCUT2D eigenvalue weighted by molar-refractivity contribution is -0.115. The molecular weight excluding hydrogens is 372 g/mol. The second-order valence-corrected chi connectivity index (χ2v) is 6.14. The summed E-state index contributed by atoms with van der Waals surface area (Å²) < 4.78 is 10.9. The first kappa shape index (κ1) is 18.0. The zero-order chi connectivity index (χ0) is 18.4. The molecule has 0 spiro atoms. The van der Waals surface area contributed by atoms with Crippen molar-refractivity contribution in [3.8, 4) is 11.3 Å². The van der Waals surface area contributed by atoms with E-state index in [2.05, 4.69) is 10.6 Å². The average Bonchev–Trinajstić information content (AvgIpc) is 3.31. The van der Waals surface area contributed by atoms with Crippen molar-refractivity contribution >= 4 is 40.9 Å². The van der Waals surface area contributed by atoms with Crippen LogP contribution in [0.5, 0.6) is 0 Å². The second-order valence-electron chi connectivity index (χ2n) is 5.29. The van der Waals surface area contributed by atoms with Crippen molar-refractivity contribution in [3.05, 3.63) is 77.4 Å². The molecule has 2 heterocycles. The Morgan fingerprint density at radius 1 is 1.15 bits per heavy atom. The van der Waals surface area contributed by atoms with Crippen LogP contribution < -0.4 is 10.6 Å². The van der Waals surface area contributed by atoms with Gasteiger partial charge in [-0.1, -0.05) is 11.6 Å². The molecule has 0 aliphatic heterocycles. The monoisotopic (exact) mass is 386 g/mol. The molecule has 0 aliphatic carbocycles. The Morgan fingerprint density at radius 2 is 1.96 bits per heavy atom. The summed E-state index contributed by atoms with van der Waals surface area (Å²) in [6.45, 7) is 0.401. The van der Waals surface area contributed by atoms with E-state index in [4.69, 9.17) is 32.7 Å². The maximum absolute atomic E-state index is 11.9. The van der Waals surface area contributed by atoms with Crippen LogP contribution >= 0.6 is 23.8 Å². The molecule has 0 saturated carbocycles. The molecule has 0 unspecified atom stereocenters. The third kappa shape index (κ3) is 5.08. The molecule has 7 heteroatoms. The number of halogens is 1. The summed E-state index contributed by atoms with van der Waals surface area (Å²) in [5.74, 6) is 1.62. The Morgan fingerprint density at radius 3 is 2.69 bits per heavy atom. The molecule has 0 atom stereocenters. The van der Waals surface area contributed by atoms with Gasteiger partial charge in [-0.2, -0.15) is 0 Å². The predicted octanol–water partition coefficient (Wildman–Crippen LogP) is 4.40. The van der Waals surface area contributed by atoms with Gasteiger partial charge in [0.05, 0.1) is 12.8 Å². The Balaban J connectivity index is 1.51. The fourth-order valence-electron chi connectivity index (χ4n) is 2.15. The van der Waals surface area contributed by atoms with Gasteiger partial charge in [0.15, 0.2) is 5.11 Å². The van der Waals surface area contributed by atoms with Gasteiger partial charge in [0.2, 0.25) is 5.91 Å². The van der Waals surface area contributed by atoms with Gasteiger partial charge in [-0.05, 0) is 66.8 Å². The smallest absolute Gasteiger partial charge is 0.250 e. The summed E-state index contributed by atoms with van der Waals surface area (Å²) in [4.78, 5) is 11.9. The van der Waals surface area contributed by atoms with Gasteiger partial charge in [-0.15, -0.1) is 0 Å². The highest BCUT2D eigenvalue weighted by atomic mass is 35.5. The molecule has 3 rings (SSSR count). The van der Waals surface area contributed by atoms with Crippen molar-refractivity contribution in [1.82, 2.24) is 10.6 Å². The molecule has 3 aromatic rings. The van der Waals surface area contributed by atoms with E-state index in [0.29, 0.717) is 23.1 Å². The third-order valence-corrected chi connectivity index (χ3v) is 3.89. The number of hydrogen-bond acceptors (Lipinski definition) is 4. The van der Waals surface area contributed by atoms with Crippen LogP contribution in [0.2, 0.25) is 5.02 Å². The van der Waals surface area contributed by atoms with E-state index >= 15 is 0 Å². The van der Waals surface area contributed by atoms with Crippen molar-refractivity contribution in [3.63, 3.8) is 0 Å². The lowest BCUT2D eigenvalue weighted by atomic mass is 10.2. The van der Waals surface area contributed by atoms with Crippen LogP contribution in [0.3, 0.4) is 0 Å². The standard InChI is InChI=1S/C19H15ClN2O3S/c20-14-5-3-13(4-6-14)17-9-7-15(25-17)8-10-18(23)22-19(26)21-12-16-2-1-11-24-16/h1-11H,12H2,(H2,21,22,23,26). The first-order valence-electron chi connectivity index (χ1n) is 7.75. The van der Waals surface area contributed by atoms with E-state index in [-0.39, 0.29) is 11.0 Å². The molecule has 2 aromatic heterocycles. The highest BCUT2D eigenvalue weighted by Gasteiger charge is 2.05. The van der Waals surface area contributed by atoms with Gasteiger partial charge in [0.1, 0.15) is 17.3 Å². The second kappa shape index (κ2) is 8.51. The Kier molecular flexibility index (Phi) is 5.88. The number of furan rings is 2. The molecular formula is C19H15ClN2O3S. The molecule has 26 heavy (non-hydrogen) atoms.